The van der Waals surface area contributed by atoms with Crippen molar-refractivity contribution in [3.8, 4) is 0 Å². The predicted molar refractivity (Wildman–Crippen MR) is 79.3 cm³/mol. The van der Waals surface area contributed by atoms with E-state index in [-0.39, 0.29) is 12.0 Å². The molecule has 0 fully saturated rings. The van der Waals surface area contributed by atoms with Gasteiger partial charge in [0.05, 0.1) is 17.1 Å². The summed E-state index contributed by atoms with van der Waals surface area (Å²) in [5.74, 6) is -2.46. The van der Waals surface area contributed by atoms with Crippen molar-refractivity contribution in [2.45, 2.75) is 13.3 Å². The molecule has 2 rings (SSSR count). The van der Waals surface area contributed by atoms with Gasteiger partial charge in [0, 0.05) is 11.3 Å². The average molecular weight is 311 g/mol. The summed E-state index contributed by atoms with van der Waals surface area (Å²) in [5.41, 5.74) is 7.25. The predicted octanol–water partition coefficient (Wildman–Crippen LogP) is 3.69. The van der Waals surface area contributed by atoms with Crippen LogP contribution in [0.4, 0.5) is 20.2 Å². The molecule has 21 heavy (non-hydrogen) atoms. The van der Waals surface area contributed by atoms with E-state index >= 15 is 0 Å². The van der Waals surface area contributed by atoms with Gasteiger partial charge in [0.15, 0.2) is 11.6 Å². The maximum atomic E-state index is 13.5. The molecule has 0 aliphatic heterocycles. The number of carbonyl (C=O) groups is 1. The van der Waals surface area contributed by atoms with Crippen LogP contribution in [0.15, 0.2) is 30.3 Å². The van der Waals surface area contributed by atoms with Gasteiger partial charge in [-0.1, -0.05) is 23.7 Å². The summed E-state index contributed by atoms with van der Waals surface area (Å²) in [6.07, 6.45) is -0.273. The van der Waals surface area contributed by atoms with Gasteiger partial charge in [-0.05, 0) is 30.7 Å². The number of rotatable bonds is 3. The topological polar surface area (TPSA) is 55.1 Å². The number of halogens is 3. The lowest BCUT2D eigenvalue weighted by molar-refractivity contribution is -0.115. The van der Waals surface area contributed by atoms with Gasteiger partial charge >= 0.3 is 0 Å². The third-order valence-corrected chi connectivity index (χ3v) is 3.33. The Morgan fingerprint density at radius 1 is 1.33 bits per heavy atom. The molecule has 0 aliphatic carbocycles. The maximum Gasteiger partial charge on any atom is 0.228 e. The zero-order valence-corrected chi connectivity index (χ0v) is 12.0. The molecule has 0 radical (unpaired) electrons. The van der Waals surface area contributed by atoms with E-state index in [4.69, 9.17) is 17.3 Å². The van der Waals surface area contributed by atoms with Crippen LogP contribution in [-0.4, -0.2) is 5.91 Å². The van der Waals surface area contributed by atoms with Crippen LogP contribution in [0.25, 0.3) is 0 Å². The Kier molecular flexibility index (Phi) is 4.43. The highest BCUT2D eigenvalue weighted by Crippen LogP contribution is 2.26. The fourth-order valence-corrected chi connectivity index (χ4v) is 2.05. The molecule has 3 N–H and O–H groups in total. The second kappa shape index (κ2) is 6.10. The summed E-state index contributed by atoms with van der Waals surface area (Å²) < 4.78 is 26.6. The minimum atomic E-state index is -1.01. The zero-order valence-electron chi connectivity index (χ0n) is 11.2. The first kappa shape index (κ1) is 15.3. The molecule has 2 aromatic carbocycles. The first-order valence-electron chi connectivity index (χ1n) is 6.17. The molecule has 6 heteroatoms. The number of aryl methyl sites for hydroxylation is 1. The smallest absolute Gasteiger partial charge is 0.228 e. The molecule has 3 nitrogen and oxygen atoms in total. The highest BCUT2D eigenvalue weighted by Gasteiger charge is 2.13. The largest absolute Gasteiger partial charge is 0.398 e. The maximum absolute atomic E-state index is 13.5. The van der Waals surface area contributed by atoms with Crippen LogP contribution < -0.4 is 11.1 Å². The third-order valence-electron chi connectivity index (χ3n) is 3.00. The number of nitrogens with two attached hydrogens (primary N) is 1. The van der Waals surface area contributed by atoms with Gasteiger partial charge in [0.2, 0.25) is 5.91 Å². The van der Waals surface area contributed by atoms with Crippen molar-refractivity contribution < 1.29 is 13.6 Å². The lowest BCUT2D eigenvalue weighted by Gasteiger charge is -2.11. The molecule has 110 valence electrons. The van der Waals surface area contributed by atoms with Crippen molar-refractivity contribution >= 4 is 28.9 Å². The normalized spacial score (nSPS) is 10.5. The number of nitrogen functional groups attached to an aromatic ring is 1. The highest BCUT2D eigenvalue weighted by atomic mass is 35.5. The SMILES string of the molecule is Cc1cc(N)c(Cl)cc1NC(=O)Cc1cccc(F)c1F. The summed E-state index contributed by atoms with van der Waals surface area (Å²) in [6, 6.07) is 6.86. The summed E-state index contributed by atoms with van der Waals surface area (Å²) in [6.45, 7) is 1.76. The Morgan fingerprint density at radius 2 is 2.05 bits per heavy atom. The van der Waals surface area contributed by atoms with E-state index < -0.39 is 17.5 Å². The number of hydrogen-bond acceptors (Lipinski definition) is 2. The lowest BCUT2D eigenvalue weighted by Crippen LogP contribution is -2.16. The quantitative estimate of drug-likeness (QED) is 0.850. The Labute approximate surface area is 125 Å². The average Bonchev–Trinajstić information content (AvgIpc) is 2.41. The van der Waals surface area contributed by atoms with Crippen LogP contribution in [0.1, 0.15) is 11.1 Å². The molecular weight excluding hydrogens is 298 g/mol. The standard InChI is InChI=1S/C15H13ClF2N2O/c1-8-5-12(19)10(16)7-13(8)20-14(21)6-9-3-2-4-11(17)15(9)18/h2-5,7H,6,19H2,1H3,(H,20,21). The molecule has 0 aromatic heterocycles. The van der Waals surface area contributed by atoms with Crippen LogP contribution in [0.3, 0.4) is 0 Å². The number of anilines is 2. The molecule has 0 unspecified atom stereocenters. The second-order valence-corrected chi connectivity index (χ2v) is 5.03. The van der Waals surface area contributed by atoms with E-state index in [0.717, 1.165) is 11.6 Å². The molecule has 0 atom stereocenters. The fraction of sp³-hybridized carbons (Fsp3) is 0.133. The van der Waals surface area contributed by atoms with Crippen molar-refractivity contribution in [3.63, 3.8) is 0 Å². The Hall–Kier alpha value is -2.14. The van der Waals surface area contributed by atoms with E-state index in [1.165, 1.54) is 18.2 Å². The van der Waals surface area contributed by atoms with Crippen LogP contribution >= 0.6 is 11.6 Å². The number of benzene rings is 2. The number of carbonyl (C=O) groups excluding carboxylic acids is 1. The minimum absolute atomic E-state index is 0.00769. The molecule has 0 bridgehead atoms. The summed E-state index contributed by atoms with van der Waals surface area (Å²) in [7, 11) is 0. The van der Waals surface area contributed by atoms with Gasteiger partial charge in [-0.25, -0.2) is 8.78 Å². The van der Waals surface area contributed by atoms with Crippen molar-refractivity contribution in [2.75, 3.05) is 11.1 Å². The van der Waals surface area contributed by atoms with Gasteiger partial charge < -0.3 is 11.1 Å². The Morgan fingerprint density at radius 3 is 2.76 bits per heavy atom. The fourth-order valence-electron chi connectivity index (χ4n) is 1.89. The molecule has 0 spiro atoms. The summed E-state index contributed by atoms with van der Waals surface area (Å²) >= 11 is 5.89. The third kappa shape index (κ3) is 3.49. The van der Waals surface area contributed by atoms with Gasteiger partial charge in [0.1, 0.15) is 0 Å². The second-order valence-electron chi connectivity index (χ2n) is 4.63. The van der Waals surface area contributed by atoms with Crippen LogP contribution in [-0.2, 0) is 11.2 Å². The van der Waals surface area contributed by atoms with Gasteiger partial charge in [-0.3, -0.25) is 4.79 Å². The minimum Gasteiger partial charge on any atom is -0.398 e. The molecular formula is C15H13ClF2N2O. The van der Waals surface area contributed by atoms with E-state index in [1.807, 2.05) is 0 Å². The van der Waals surface area contributed by atoms with E-state index in [0.29, 0.717) is 16.4 Å². The zero-order chi connectivity index (χ0) is 15.6. The van der Waals surface area contributed by atoms with Crippen molar-refractivity contribution in [3.05, 3.63) is 58.1 Å². The summed E-state index contributed by atoms with van der Waals surface area (Å²) in [5, 5.41) is 2.92. The Bertz CT molecular complexity index is 704. The number of nitrogens with one attached hydrogen (secondary N) is 1. The van der Waals surface area contributed by atoms with E-state index in [1.54, 1.807) is 13.0 Å². The number of amides is 1. The highest BCUT2D eigenvalue weighted by molar-refractivity contribution is 6.33. The molecule has 1 amide bonds. The Balaban J connectivity index is 2.16. The molecule has 2 aromatic rings. The molecule has 0 saturated heterocycles. The first-order chi connectivity index (χ1) is 9.88. The molecule has 0 heterocycles. The number of hydrogen-bond donors (Lipinski definition) is 2. The monoisotopic (exact) mass is 310 g/mol. The van der Waals surface area contributed by atoms with Gasteiger partial charge in [-0.15, -0.1) is 0 Å². The van der Waals surface area contributed by atoms with Crippen LogP contribution in [0.5, 0.6) is 0 Å². The van der Waals surface area contributed by atoms with Gasteiger partial charge in [0.25, 0.3) is 0 Å². The van der Waals surface area contributed by atoms with Gasteiger partial charge in [-0.2, -0.15) is 0 Å². The lowest BCUT2D eigenvalue weighted by atomic mass is 10.1. The van der Waals surface area contributed by atoms with Crippen LogP contribution in [0.2, 0.25) is 5.02 Å². The van der Waals surface area contributed by atoms with Crippen molar-refractivity contribution in [1.29, 1.82) is 0 Å². The van der Waals surface area contributed by atoms with Crippen molar-refractivity contribution in [1.82, 2.24) is 0 Å². The molecule has 0 saturated carbocycles. The van der Waals surface area contributed by atoms with E-state index in [9.17, 15) is 13.6 Å². The first-order valence-corrected chi connectivity index (χ1v) is 6.54. The summed E-state index contributed by atoms with van der Waals surface area (Å²) in [4.78, 5) is 11.9. The van der Waals surface area contributed by atoms with Crippen molar-refractivity contribution in [2.24, 2.45) is 0 Å². The molecule has 0 aliphatic rings. The van der Waals surface area contributed by atoms with E-state index in [2.05, 4.69) is 5.32 Å². The van der Waals surface area contributed by atoms with Crippen LogP contribution in [0, 0.1) is 18.6 Å².